The van der Waals surface area contributed by atoms with Crippen molar-refractivity contribution in [2.45, 2.75) is 20.1 Å². The van der Waals surface area contributed by atoms with Crippen LogP contribution in [-0.4, -0.2) is 9.78 Å². The molecule has 4 rings (SSSR count). The summed E-state index contributed by atoms with van der Waals surface area (Å²) in [6, 6.07) is 19.5. The molecule has 2 heterocycles. The molecule has 0 fully saturated rings. The molecule has 0 radical (unpaired) electrons. The highest BCUT2D eigenvalue weighted by molar-refractivity contribution is 5.92. The molecule has 0 aliphatic heterocycles. The van der Waals surface area contributed by atoms with E-state index in [2.05, 4.69) is 12.1 Å². The van der Waals surface area contributed by atoms with Crippen LogP contribution in [0.1, 0.15) is 16.9 Å². The van der Waals surface area contributed by atoms with Crippen LogP contribution < -0.4 is 0 Å². The lowest BCUT2D eigenvalue weighted by Crippen LogP contribution is -2.01. The Labute approximate surface area is 139 Å². The van der Waals surface area contributed by atoms with E-state index in [4.69, 9.17) is 9.52 Å². The molecule has 120 valence electrons. The zero-order chi connectivity index (χ0) is 16.5. The van der Waals surface area contributed by atoms with Gasteiger partial charge in [-0.15, -0.1) is 0 Å². The van der Waals surface area contributed by atoms with Gasteiger partial charge in [-0.3, -0.25) is 4.68 Å². The van der Waals surface area contributed by atoms with Crippen LogP contribution in [0.4, 0.5) is 4.39 Å². The first kappa shape index (κ1) is 14.7. The van der Waals surface area contributed by atoms with Crippen LogP contribution in [0.5, 0.6) is 0 Å². The van der Waals surface area contributed by atoms with Gasteiger partial charge in [0.25, 0.3) is 0 Å². The molecule has 0 bridgehead atoms. The zero-order valence-electron chi connectivity index (χ0n) is 13.4. The molecule has 0 amide bonds. The second-order valence-electron chi connectivity index (χ2n) is 5.88. The van der Waals surface area contributed by atoms with Gasteiger partial charge in [0.05, 0.1) is 12.1 Å². The Morgan fingerprint density at radius 2 is 1.71 bits per heavy atom. The summed E-state index contributed by atoms with van der Waals surface area (Å²) < 4.78 is 20.4. The standard InChI is InChI=1S/C20H17FN2O/c1-14-6-11-19(24-14)20-17-4-2-3-5-18(17)23(22-20)13-16-9-7-15(12-21)8-10-16/h2-11H,12-13H2,1H3. The number of para-hydroxylation sites is 1. The predicted octanol–water partition coefficient (Wildman–Crippen LogP) is 5.12. The maximum atomic E-state index is 12.7. The van der Waals surface area contributed by atoms with Gasteiger partial charge >= 0.3 is 0 Å². The third kappa shape index (κ3) is 2.60. The van der Waals surface area contributed by atoms with E-state index in [9.17, 15) is 4.39 Å². The summed E-state index contributed by atoms with van der Waals surface area (Å²) in [7, 11) is 0. The summed E-state index contributed by atoms with van der Waals surface area (Å²) in [5.74, 6) is 1.64. The highest BCUT2D eigenvalue weighted by Crippen LogP contribution is 2.29. The van der Waals surface area contributed by atoms with E-state index in [0.717, 1.165) is 33.7 Å². The second-order valence-corrected chi connectivity index (χ2v) is 5.88. The molecule has 0 aliphatic rings. The van der Waals surface area contributed by atoms with Gasteiger partial charge in [-0.2, -0.15) is 5.10 Å². The number of furan rings is 1. The van der Waals surface area contributed by atoms with E-state index in [1.165, 1.54) is 0 Å². The first-order chi connectivity index (χ1) is 11.7. The summed E-state index contributed by atoms with van der Waals surface area (Å²) >= 11 is 0. The molecular weight excluding hydrogens is 303 g/mol. The average molecular weight is 320 g/mol. The van der Waals surface area contributed by atoms with Crippen molar-refractivity contribution in [2.24, 2.45) is 0 Å². The van der Waals surface area contributed by atoms with Crippen molar-refractivity contribution in [3.8, 4) is 11.5 Å². The van der Waals surface area contributed by atoms with Gasteiger partial charge in [0.1, 0.15) is 18.1 Å². The van der Waals surface area contributed by atoms with Crippen molar-refractivity contribution < 1.29 is 8.81 Å². The van der Waals surface area contributed by atoms with Crippen molar-refractivity contribution >= 4 is 10.9 Å². The fourth-order valence-corrected chi connectivity index (χ4v) is 2.90. The van der Waals surface area contributed by atoms with Crippen LogP contribution in [0.3, 0.4) is 0 Å². The van der Waals surface area contributed by atoms with Gasteiger partial charge in [0.15, 0.2) is 5.76 Å². The van der Waals surface area contributed by atoms with Gasteiger partial charge in [-0.1, -0.05) is 42.5 Å². The number of nitrogens with zero attached hydrogens (tertiary/aromatic N) is 2. The molecule has 0 saturated carbocycles. The minimum Gasteiger partial charge on any atom is -0.460 e. The topological polar surface area (TPSA) is 31.0 Å². The van der Waals surface area contributed by atoms with E-state index < -0.39 is 6.67 Å². The van der Waals surface area contributed by atoms with Gasteiger partial charge < -0.3 is 4.42 Å². The number of hydrogen-bond acceptors (Lipinski definition) is 2. The summed E-state index contributed by atoms with van der Waals surface area (Å²) in [5.41, 5.74) is 3.67. The molecule has 0 aliphatic carbocycles. The second kappa shape index (κ2) is 5.96. The molecule has 4 heteroatoms. The summed E-state index contributed by atoms with van der Waals surface area (Å²) in [6.45, 7) is 2.12. The Kier molecular flexibility index (Phi) is 3.65. The number of hydrogen-bond donors (Lipinski definition) is 0. The van der Waals surface area contributed by atoms with Crippen LogP contribution in [0.25, 0.3) is 22.4 Å². The summed E-state index contributed by atoms with van der Waals surface area (Å²) in [5, 5.41) is 5.82. The Balaban J connectivity index is 1.77. The number of fused-ring (bicyclic) bond motifs is 1. The minimum absolute atomic E-state index is 0.438. The quantitative estimate of drug-likeness (QED) is 0.522. The maximum absolute atomic E-state index is 12.7. The van der Waals surface area contributed by atoms with E-state index in [-0.39, 0.29) is 0 Å². The number of rotatable bonds is 4. The number of benzene rings is 2. The van der Waals surface area contributed by atoms with Crippen molar-refractivity contribution in [2.75, 3.05) is 0 Å². The van der Waals surface area contributed by atoms with Crippen molar-refractivity contribution in [3.63, 3.8) is 0 Å². The van der Waals surface area contributed by atoms with E-state index in [1.54, 1.807) is 0 Å². The Morgan fingerprint density at radius 3 is 2.42 bits per heavy atom. The van der Waals surface area contributed by atoms with E-state index in [0.29, 0.717) is 12.1 Å². The first-order valence-electron chi connectivity index (χ1n) is 7.91. The van der Waals surface area contributed by atoms with Gasteiger partial charge in [0, 0.05) is 5.39 Å². The number of aromatic nitrogens is 2. The molecule has 0 N–H and O–H groups in total. The van der Waals surface area contributed by atoms with Gasteiger partial charge in [0.2, 0.25) is 0 Å². The first-order valence-corrected chi connectivity index (χ1v) is 7.91. The van der Waals surface area contributed by atoms with Crippen molar-refractivity contribution in [3.05, 3.63) is 77.6 Å². The van der Waals surface area contributed by atoms with Crippen LogP contribution >= 0.6 is 0 Å². The Morgan fingerprint density at radius 1 is 0.958 bits per heavy atom. The molecule has 3 nitrogen and oxygen atoms in total. The molecular formula is C20H17FN2O. The molecule has 0 unspecified atom stereocenters. The fraction of sp³-hybridized carbons (Fsp3) is 0.150. The third-order valence-corrected chi connectivity index (χ3v) is 4.14. The average Bonchev–Trinajstić information content (AvgIpc) is 3.20. The smallest absolute Gasteiger partial charge is 0.155 e. The van der Waals surface area contributed by atoms with E-state index >= 15 is 0 Å². The van der Waals surface area contributed by atoms with E-state index in [1.807, 2.05) is 60.1 Å². The minimum atomic E-state index is -0.438. The SMILES string of the molecule is Cc1ccc(-c2nn(Cc3ccc(CF)cc3)c3ccccc23)o1. The molecule has 24 heavy (non-hydrogen) atoms. The van der Waals surface area contributed by atoms with Crippen molar-refractivity contribution in [1.82, 2.24) is 9.78 Å². The monoisotopic (exact) mass is 320 g/mol. The summed E-state index contributed by atoms with van der Waals surface area (Å²) in [4.78, 5) is 0. The van der Waals surface area contributed by atoms with Crippen LogP contribution in [-0.2, 0) is 13.2 Å². The van der Waals surface area contributed by atoms with Gasteiger partial charge in [-0.25, -0.2) is 4.39 Å². The predicted molar refractivity (Wildman–Crippen MR) is 92.5 cm³/mol. The molecule has 2 aromatic carbocycles. The summed E-state index contributed by atoms with van der Waals surface area (Å²) in [6.07, 6.45) is 0. The molecule has 0 saturated heterocycles. The van der Waals surface area contributed by atoms with Crippen LogP contribution in [0, 0.1) is 6.92 Å². The van der Waals surface area contributed by atoms with Crippen LogP contribution in [0.15, 0.2) is 65.1 Å². The lowest BCUT2D eigenvalue weighted by Gasteiger charge is -2.04. The lowest BCUT2D eigenvalue weighted by atomic mass is 10.1. The van der Waals surface area contributed by atoms with Gasteiger partial charge in [-0.05, 0) is 36.2 Å². The van der Waals surface area contributed by atoms with Crippen LogP contribution in [0.2, 0.25) is 0 Å². The highest BCUT2D eigenvalue weighted by Gasteiger charge is 2.14. The fourth-order valence-electron chi connectivity index (χ4n) is 2.90. The molecule has 0 spiro atoms. The highest BCUT2D eigenvalue weighted by atomic mass is 19.1. The largest absolute Gasteiger partial charge is 0.460 e. The number of alkyl halides is 1. The van der Waals surface area contributed by atoms with Crippen molar-refractivity contribution in [1.29, 1.82) is 0 Å². The number of halogens is 1. The maximum Gasteiger partial charge on any atom is 0.155 e. The third-order valence-electron chi connectivity index (χ3n) is 4.14. The molecule has 4 aromatic rings. The number of aryl methyl sites for hydroxylation is 1. The zero-order valence-corrected chi connectivity index (χ0v) is 13.4. The normalized spacial score (nSPS) is 11.2. The Bertz CT molecular complexity index is 982. The lowest BCUT2D eigenvalue weighted by molar-refractivity contribution is 0.485. The Hall–Kier alpha value is -2.88. The molecule has 2 aromatic heterocycles. The molecule has 0 atom stereocenters.